The molecule has 2 bridgehead atoms. The molecule has 2 amide bonds. The van der Waals surface area contributed by atoms with E-state index in [9.17, 15) is 14.7 Å². The molecule has 3 aliphatic carbocycles. The van der Waals surface area contributed by atoms with E-state index in [1.807, 2.05) is 25.1 Å². The molecule has 6 nitrogen and oxygen atoms in total. The van der Waals surface area contributed by atoms with E-state index in [0.717, 1.165) is 16.5 Å². The molecule has 3 N–H and O–H groups in total. The minimum atomic E-state index is -0.831. The Hall–Kier alpha value is -1.31. The van der Waals surface area contributed by atoms with E-state index in [0.29, 0.717) is 24.3 Å². The standard InChI is InChI=1S/C22H30BrClN2O4/c1-5-13(2)15(9-27)20(3,14-6-7-16(23)17(24)8-14)25-19(29)26-22-10-21(11-22,12-22)18(28)30-4/h6-8,13,15,27H,5,9-12H2,1-4H3,(H2,25,26,29)/t13-,15?,20?,21?,22?/m0/s1. The van der Waals surface area contributed by atoms with E-state index in [2.05, 4.69) is 40.4 Å². The molecule has 30 heavy (non-hydrogen) atoms. The smallest absolute Gasteiger partial charge is 0.315 e. The van der Waals surface area contributed by atoms with Crippen molar-refractivity contribution < 1.29 is 19.4 Å². The SMILES string of the molecule is CC[C@H](C)C(CO)C(C)(NC(=O)NC12CC(C(=O)OC)(C1)C2)c1ccc(Br)c(Cl)c1. The third kappa shape index (κ3) is 3.84. The first-order valence-corrected chi connectivity index (χ1v) is 11.5. The first-order valence-electron chi connectivity index (χ1n) is 10.3. The molecule has 3 saturated carbocycles. The molecular formula is C22H30BrClN2O4. The van der Waals surface area contributed by atoms with Crippen molar-refractivity contribution in [3.05, 3.63) is 33.3 Å². The van der Waals surface area contributed by atoms with Crippen molar-refractivity contribution in [3.63, 3.8) is 0 Å². The summed E-state index contributed by atoms with van der Waals surface area (Å²) >= 11 is 9.75. The van der Waals surface area contributed by atoms with Gasteiger partial charge in [0.15, 0.2) is 0 Å². The van der Waals surface area contributed by atoms with Gasteiger partial charge in [0.2, 0.25) is 0 Å². The second-order valence-electron chi connectivity index (χ2n) is 9.17. The third-order valence-corrected chi connectivity index (χ3v) is 8.42. The molecule has 3 aliphatic rings. The van der Waals surface area contributed by atoms with Gasteiger partial charge in [-0.15, -0.1) is 0 Å². The van der Waals surface area contributed by atoms with Crippen LogP contribution < -0.4 is 10.6 Å². The molecule has 0 heterocycles. The Labute approximate surface area is 191 Å². The average molecular weight is 502 g/mol. The maximum absolute atomic E-state index is 13.0. The number of esters is 1. The number of methoxy groups -OCH3 is 1. The fourth-order valence-electron chi connectivity index (χ4n) is 5.28. The van der Waals surface area contributed by atoms with Gasteiger partial charge in [-0.05, 0) is 65.7 Å². The van der Waals surface area contributed by atoms with Crippen molar-refractivity contribution >= 4 is 39.5 Å². The largest absolute Gasteiger partial charge is 0.469 e. The van der Waals surface area contributed by atoms with Crippen LogP contribution in [0, 0.1) is 17.3 Å². The number of aliphatic hydroxyl groups excluding tert-OH is 1. The molecule has 166 valence electrons. The lowest BCUT2D eigenvalue weighted by Crippen LogP contribution is -2.78. The number of carbonyl (C=O) groups excluding carboxylic acids is 2. The number of halogens is 2. The highest BCUT2D eigenvalue weighted by Gasteiger charge is 2.73. The number of rotatable bonds is 8. The Morgan fingerprint density at radius 1 is 1.37 bits per heavy atom. The lowest BCUT2D eigenvalue weighted by Gasteiger charge is -2.68. The first-order chi connectivity index (χ1) is 14.0. The second kappa shape index (κ2) is 8.32. The van der Waals surface area contributed by atoms with E-state index >= 15 is 0 Å². The Morgan fingerprint density at radius 2 is 2.00 bits per heavy atom. The summed E-state index contributed by atoms with van der Waals surface area (Å²) in [5.41, 5.74) is -0.771. The van der Waals surface area contributed by atoms with Crippen molar-refractivity contribution in [2.24, 2.45) is 17.3 Å². The molecule has 0 spiro atoms. The zero-order chi connectivity index (χ0) is 22.3. The van der Waals surface area contributed by atoms with Crippen LogP contribution >= 0.6 is 27.5 Å². The van der Waals surface area contributed by atoms with Crippen LogP contribution in [0.25, 0.3) is 0 Å². The molecule has 0 aromatic heterocycles. The quantitative estimate of drug-likeness (QED) is 0.462. The van der Waals surface area contributed by atoms with Crippen LogP contribution in [0.15, 0.2) is 22.7 Å². The lowest BCUT2D eigenvalue weighted by molar-refractivity contribution is -0.199. The summed E-state index contributed by atoms with van der Waals surface area (Å²) < 4.78 is 5.65. The molecule has 0 saturated heterocycles. The Kier molecular flexibility index (Phi) is 6.48. The van der Waals surface area contributed by atoms with E-state index in [-0.39, 0.29) is 36.0 Å². The third-order valence-electron chi connectivity index (χ3n) is 7.19. The summed E-state index contributed by atoms with van der Waals surface area (Å²) in [6, 6.07) is 5.28. The van der Waals surface area contributed by atoms with Gasteiger partial charge in [0.1, 0.15) is 0 Å². The molecule has 0 radical (unpaired) electrons. The molecule has 3 fully saturated rings. The highest BCUT2D eigenvalue weighted by atomic mass is 79.9. The predicted molar refractivity (Wildman–Crippen MR) is 119 cm³/mol. The summed E-state index contributed by atoms with van der Waals surface area (Å²) in [6.07, 6.45) is 2.68. The zero-order valence-electron chi connectivity index (χ0n) is 17.9. The molecule has 1 aromatic rings. The van der Waals surface area contributed by atoms with Crippen LogP contribution in [-0.2, 0) is 15.1 Å². The number of aliphatic hydroxyl groups is 1. The zero-order valence-corrected chi connectivity index (χ0v) is 20.2. The van der Waals surface area contributed by atoms with Crippen LogP contribution in [0.5, 0.6) is 0 Å². The maximum Gasteiger partial charge on any atom is 0.315 e. The van der Waals surface area contributed by atoms with Gasteiger partial charge in [0, 0.05) is 22.5 Å². The van der Waals surface area contributed by atoms with Crippen LogP contribution in [0.3, 0.4) is 0 Å². The van der Waals surface area contributed by atoms with Crippen LogP contribution in [-0.4, -0.2) is 36.4 Å². The average Bonchev–Trinajstić information content (AvgIpc) is 2.65. The minimum absolute atomic E-state index is 0.0733. The van der Waals surface area contributed by atoms with Crippen molar-refractivity contribution in [3.8, 4) is 0 Å². The van der Waals surface area contributed by atoms with Crippen LogP contribution in [0.2, 0.25) is 5.02 Å². The van der Waals surface area contributed by atoms with Crippen LogP contribution in [0.4, 0.5) is 4.79 Å². The van der Waals surface area contributed by atoms with E-state index < -0.39 is 11.0 Å². The summed E-state index contributed by atoms with van der Waals surface area (Å²) in [5.74, 6) is -0.238. The van der Waals surface area contributed by atoms with Gasteiger partial charge in [-0.2, -0.15) is 0 Å². The van der Waals surface area contributed by atoms with Crippen LogP contribution in [0.1, 0.15) is 52.0 Å². The van der Waals surface area contributed by atoms with Crippen molar-refractivity contribution in [2.45, 2.75) is 57.5 Å². The number of ether oxygens (including phenoxy) is 1. The number of nitrogens with one attached hydrogen (secondary N) is 2. The molecule has 4 rings (SSSR count). The summed E-state index contributed by atoms with van der Waals surface area (Å²) in [6.45, 7) is 5.99. The van der Waals surface area contributed by atoms with Gasteiger partial charge in [-0.25, -0.2) is 4.79 Å². The monoisotopic (exact) mass is 500 g/mol. The number of hydrogen-bond acceptors (Lipinski definition) is 4. The highest BCUT2D eigenvalue weighted by Crippen LogP contribution is 2.67. The number of amides is 2. The highest BCUT2D eigenvalue weighted by molar-refractivity contribution is 9.10. The summed E-state index contributed by atoms with van der Waals surface area (Å²) in [7, 11) is 1.40. The van der Waals surface area contributed by atoms with Gasteiger partial charge in [-0.1, -0.05) is 37.9 Å². The molecule has 2 unspecified atom stereocenters. The normalized spacial score (nSPS) is 28.2. The molecule has 8 heteroatoms. The number of urea groups is 1. The van der Waals surface area contributed by atoms with E-state index in [4.69, 9.17) is 16.3 Å². The Bertz CT molecular complexity index is 829. The Balaban J connectivity index is 1.80. The fourth-order valence-corrected chi connectivity index (χ4v) is 5.70. The topological polar surface area (TPSA) is 87.7 Å². The first kappa shape index (κ1) is 23.4. The molecular weight excluding hydrogens is 472 g/mol. The van der Waals surface area contributed by atoms with Gasteiger partial charge in [-0.3, -0.25) is 4.79 Å². The van der Waals surface area contributed by atoms with Crippen molar-refractivity contribution in [1.29, 1.82) is 0 Å². The number of carbonyl (C=O) groups is 2. The van der Waals surface area contributed by atoms with E-state index in [1.165, 1.54) is 7.11 Å². The van der Waals surface area contributed by atoms with Crippen molar-refractivity contribution in [2.75, 3.05) is 13.7 Å². The van der Waals surface area contributed by atoms with Gasteiger partial charge >= 0.3 is 12.0 Å². The minimum Gasteiger partial charge on any atom is -0.469 e. The summed E-state index contributed by atoms with van der Waals surface area (Å²) in [4.78, 5) is 24.9. The number of benzene rings is 1. The second-order valence-corrected chi connectivity index (χ2v) is 10.4. The van der Waals surface area contributed by atoms with E-state index in [1.54, 1.807) is 0 Å². The van der Waals surface area contributed by atoms with Crippen molar-refractivity contribution in [1.82, 2.24) is 10.6 Å². The van der Waals surface area contributed by atoms with Gasteiger partial charge in [0.25, 0.3) is 0 Å². The molecule has 0 aliphatic heterocycles. The van der Waals surface area contributed by atoms with Gasteiger partial charge in [0.05, 0.1) is 23.1 Å². The predicted octanol–water partition coefficient (Wildman–Crippen LogP) is 4.37. The van der Waals surface area contributed by atoms with Gasteiger partial charge < -0.3 is 20.5 Å². The molecule has 3 atom stereocenters. The summed E-state index contributed by atoms with van der Waals surface area (Å²) in [5, 5.41) is 17.0. The molecule has 1 aromatic carbocycles. The maximum atomic E-state index is 13.0. The lowest BCUT2D eigenvalue weighted by atomic mass is 9.39. The fraction of sp³-hybridized carbons (Fsp3) is 0.636. The Morgan fingerprint density at radius 3 is 2.50 bits per heavy atom. The number of hydrogen-bond donors (Lipinski definition) is 3.